The molecule has 0 radical (unpaired) electrons. The molecular weight excluding hydrogens is 416 g/mol. The Labute approximate surface area is 181 Å². The molecule has 152 valence electrons. The van der Waals surface area contributed by atoms with E-state index < -0.39 is 0 Å². The van der Waals surface area contributed by atoms with Crippen molar-refractivity contribution in [3.8, 4) is 0 Å². The van der Waals surface area contributed by atoms with Crippen molar-refractivity contribution in [3.05, 3.63) is 52.7 Å². The predicted molar refractivity (Wildman–Crippen MR) is 122 cm³/mol. The van der Waals surface area contributed by atoms with Crippen molar-refractivity contribution in [2.45, 2.75) is 24.8 Å². The molecule has 0 spiro atoms. The van der Waals surface area contributed by atoms with Crippen molar-refractivity contribution in [3.63, 3.8) is 0 Å². The SMILES string of the molecule is Cc1nnc2sc(C(=O)N3CC(NSc4cccc5ncccc45)C3)c(N)c2c1C. The van der Waals surface area contributed by atoms with E-state index in [4.69, 9.17) is 5.73 Å². The molecule has 1 saturated heterocycles. The number of carbonyl (C=O) groups is 1. The number of aromatic nitrogens is 3. The molecular formula is C21H20N6OS2. The Bertz CT molecular complexity index is 1280. The molecule has 5 rings (SSSR count). The third-order valence-electron chi connectivity index (χ3n) is 5.44. The van der Waals surface area contributed by atoms with Gasteiger partial charge in [0.15, 0.2) is 0 Å². The molecule has 3 aromatic heterocycles. The fourth-order valence-electron chi connectivity index (χ4n) is 3.57. The van der Waals surface area contributed by atoms with Crippen LogP contribution in [0.25, 0.3) is 21.1 Å². The normalized spacial score (nSPS) is 14.4. The molecule has 0 bridgehead atoms. The highest BCUT2D eigenvalue weighted by atomic mass is 32.2. The smallest absolute Gasteiger partial charge is 0.266 e. The minimum absolute atomic E-state index is 0.0371. The standard InChI is InChI=1S/C21H20N6OS2/c1-11-12(2)24-25-20-17(11)18(22)19(29-20)21(28)27-9-13(10-27)26-30-16-7-3-6-15-14(16)5-4-8-23-15/h3-8,13,26H,9-10,22H2,1-2H3. The number of pyridine rings is 1. The van der Waals surface area contributed by atoms with Gasteiger partial charge in [0.25, 0.3) is 5.91 Å². The molecule has 0 unspecified atom stereocenters. The van der Waals surface area contributed by atoms with Crippen LogP contribution in [0.2, 0.25) is 0 Å². The molecule has 1 aliphatic heterocycles. The van der Waals surface area contributed by atoms with Gasteiger partial charge in [0.1, 0.15) is 9.71 Å². The van der Waals surface area contributed by atoms with Crippen molar-refractivity contribution in [1.29, 1.82) is 0 Å². The van der Waals surface area contributed by atoms with E-state index in [9.17, 15) is 4.79 Å². The lowest BCUT2D eigenvalue weighted by atomic mass is 10.1. The first-order valence-electron chi connectivity index (χ1n) is 9.60. The van der Waals surface area contributed by atoms with Crippen LogP contribution in [0.15, 0.2) is 41.4 Å². The topological polar surface area (TPSA) is 97.0 Å². The summed E-state index contributed by atoms with van der Waals surface area (Å²) < 4.78 is 3.47. The highest BCUT2D eigenvalue weighted by molar-refractivity contribution is 7.97. The molecule has 1 amide bonds. The highest BCUT2D eigenvalue weighted by Gasteiger charge is 2.33. The first kappa shape index (κ1) is 19.2. The highest BCUT2D eigenvalue weighted by Crippen LogP contribution is 2.36. The van der Waals surface area contributed by atoms with E-state index >= 15 is 0 Å². The maximum absolute atomic E-state index is 13.0. The van der Waals surface area contributed by atoms with E-state index in [1.54, 1.807) is 18.1 Å². The van der Waals surface area contributed by atoms with E-state index in [-0.39, 0.29) is 11.9 Å². The average molecular weight is 437 g/mol. The predicted octanol–water partition coefficient (Wildman–Crippen LogP) is 3.56. The number of nitrogens with zero attached hydrogens (tertiary/aromatic N) is 4. The van der Waals surface area contributed by atoms with Crippen LogP contribution in [0, 0.1) is 13.8 Å². The largest absolute Gasteiger partial charge is 0.397 e. The van der Waals surface area contributed by atoms with Gasteiger partial charge >= 0.3 is 0 Å². The van der Waals surface area contributed by atoms with Crippen LogP contribution >= 0.6 is 23.3 Å². The van der Waals surface area contributed by atoms with Crippen molar-refractivity contribution in [1.82, 2.24) is 24.8 Å². The number of nitrogens with two attached hydrogens (primary N) is 1. The van der Waals surface area contributed by atoms with Gasteiger partial charge in [-0.25, -0.2) is 0 Å². The third-order valence-corrected chi connectivity index (χ3v) is 7.54. The van der Waals surface area contributed by atoms with Crippen molar-refractivity contribution in [2.24, 2.45) is 0 Å². The van der Waals surface area contributed by atoms with Crippen LogP contribution in [0.1, 0.15) is 20.9 Å². The molecule has 4 heterocycles. The minimum Gasteiger partial charge on any atom is -0.397 e. The van der Waals surface area contributed by atoms with Gasteiger partial charge in [0, 0.05) is 35.0 Å². The second-order valence-corrected chi connectivity index (χ2v) is 9.27. The zero-order valence-corrected chi connectivity index (χ0v) is 18.2. The van der Waals surface area contributed by atoms with Gasteiger partial charge in [-0.2, -0.15) is 5.10 Å². The van der Waals surface area contributed by atoms with Gasteiger partial charge < -0.3 is 10.6 Å². The number of aryl methyl sites for hydroxylation is 2. The van der Waals surface area contributed by atoms with E-state index in [2.05, 4.69) is 32.0 Å². The number of fused-ring (bicyclic) bond motifs is 2. The molecule has 7 nitrogen and oxygen atoms in total. The molecule has 0 atom stereocenters. The van der Waals surface area contributed by atoms with Crippen LogP contribution in [0.3, 0.4) is 0 Å². The average Bonchev–Trinajstić information content (AvgIpc) is 3.06. The monoisotopic (exact) mass is 436 g/mol. The summed E-state index contributed by atoms with van der Waals surface area (Å²) in [5, 5.41) is 10.3. The zero-order valence-electron chi connectivity index (χ0n) is 16.5. The van der Waals surface area contributed by atoms with Crippen LogP contribution in [-0.2, 0) is 0 Å². The van der Waals surface area contributed by atoms with E-state index in [0.29, 0.717) is 28.5 Å². The minimum atomic E-state index is -0.0371. The summed E-state index contributed by atoms with van der Waals surface area (Å²) in [6.07, 6.45) is 1.80. The number of nitrogen functional groups attached to an aromatic ring is 1. The third kappa shape index (κ3) is 3.19. The van der Waals surface area contributed by atoms with Crippen LogP contribution in [0.5, 0.6) is 0 Å². The summed E-state index contributed by atoms with van der Waals surface area (Å²) >= 11 is 2.91. The summed E-state index contributed by atoms with van der Waals surface area (Å²) in [6.45, 7) is 5.15. The maximum atomic E-state index is 13.0. The molecule has 0 aliphatic carbocycles. The second-order valence-electron chi connectivity index (χ2n) is 7.39. The fourth-order valence-corrected chi connectivity index (χ4v) is 5.51. The number of rotatable bonds is 4. The number of thiophene rings is 1. The number of benzene rings is 1. The maximum Gasteiger partial charge on any atom is 0.266 e. The Balaban J connectivity index is 1.26. The van der Waals surface area contributed by atoms with Gasteiger partial charge in [-0.15, -0.1) is 16.4 Å². The van der Waals surface area contributed by atoms with Gasteiger partial charge in [-0.05, 0) is 49.6 Å². The van der Waals surface area contributed by atoms with Crippen molar-refractivity contribution < 1.29 is 4.79 Å². The van der Waals surface area contributed by atoms with Crippen molar-refractivity contribution >= 4 is 56.0 Å². The number of anilines is 1. The Hall–Kier alpha value is -2.75. The lowest BCUT2D eigenvalue weighted by molar-refractivity contribution is 0.0601. The summed E-state index contributed by atoms with van der Waals surface area (Å²) in [5.74, 6) is -0.0371. The Morgan fingerprint density at radius 3 is 2.90 bits per heavy atom. The first-order valence-corrected chi connectivity index (χ1v) is 11.2. The van der Waals surface area contributed by atoms with Gasteiger partial charge in [0.05, 0.1) is 22.9 Å². The summed E-state index contributed by atoms with van der Waals surface area (Å²) in [5.41, 5.74) is 9.63. The molecule has 9 heteroatoms. The van der Waals surface area contributed by atoms with Crippen LogP contribution in [0.4, 0.5) is 5.69 Å². The summed E-state index contributed by atoms with van der Waals surface area (Å²) in [7, 11) is 0. The molecule has 0 saturated carbocycles. The lowest BCUT2D eigenvalue weighted by Crippen LogP contribution is -2.58. The van der Waals surface area contributed by atoms with Crippen LogP contribution < -0.4 is 10.5 Å². The van der Waals surface area contributed by atoms with Crippen molar-refractivity contribution in [2.75, 3.05) is 18.8 Å². The van der Waals surface area contributed by atoms with Gasteiger partial charge in [-0.1, -0.05) is 12.1 Å². The van der Waals surface area contributed by atoms with E-state index in [1.165, 1.54) is 11.3 Å². The fraction of sp³-hybridized carbons (Fsp3) is 0.238. The summed E-state index contributed by atoms with van der Waals surface area (Å²) in [6, 6.07) is 10.3. The van der Waals surface area contributed by atoms with E-state index in [1.807, 2.05) is 36.9 Å². The molecule has 30 heavy (non-hydrogen) atoms. The van der Waals surface area contributed by atoms with E-state index in [0.717, 1.165) is 32.4 Å². The molecule has 1 aliphatic rings. The number of nitrogens with one attached hydrogen (secondary N) is 1. The number of likely N-dealkylation sites (tertiary alicyclic amines) is 1. The second kappa shape index (κ2) is 7.50. The van der Waals surface area contributed by atoms with Gasteiger partial charge in [0.2, 0.25) is 0 Å². The molecule has 4 aromatic rings. The first-order chi connectivity index (χ1) is 14.5. The molecule has 3 N–H and O–H groups in total. The number of carbonyl (C=O) groups excluding carboxylic acids is 1. The number of hydrogen-bond acceptors (Lipinski definition) is 8. The Kier molecular flexibility index (Phi) is 4.80. The quantitative estimate of drug-likeness (QED) is 0.472. The number of hydrogen-bond donors (Lipinski definition) is 2. The molecule has 1 fully saturated rings. The lowest BCUT2D eigenvalue weighted by Gasteiger charge is -2.39. The zero-order chi connectivity index (χ0) is 20.8. The van der Waals surface area contributed by atoms with Gasteiger partial charge in [-0.3, -0.25) is 14.5 Å². The Morgan fingerprint density at radius 1 is 1.23 bits per heavy atom. The van der Waals surface area contributed by atoms with Crippen LogP contribution in [-0.4, -0.2) is 45.1 Å². The number of amides is 1. The Morgan fingerprint density at radius 2 is 2.07 bits per heavy atom. The summed E-state index contributed by atoms with van der Waals surface area (Å²) in [4.78, 5) is 21.6. The molecule has 1 aromatic carbocycles.